The number of nitrogens with zero attached hydrogens (tertiary/aromatic N) is 6. The highest BCUT2D eigenvalue weighted by molar-refractivity contribution is 5.89. The van der Waals surface area contributed by atoms with Crippen LogP contribution in [0.25, 0.3) is 16.7 Å². The SMILES string of the molecule is C.COc1ccc(Cn2c(=O)n3ncnc3c3cc(CN4CC(F)(F)OC(F)(F)C4)cnc32)cc1. The van der Waals surface area contributed by atoms with Gasteiger partial charge in [-0.2, -0.15) is 27.2 Å². The van der Waals surface area contributed by atoms with Gasteiger partial charge in [0.2, 0.25) is 0 Å². The largest absolute Gasteiger partial charge is 0.497 e. The van der Waals surface area contributed by atoms with Crippen LogP contribution in [0.3, 0.4) is 0 Å². The van der Waals surface area contributed by atoms with Crippen LogP contribution in [0.4, 0.5) is 17.6 Å². The number of benzene rings is 1. The molecule has 0 radical (unpaired) electrons. The van der Waals surface area contributed by atoms with Crippen molar-refractivity contribution in [2.24, 2.45) is 0 Å². The minimum Gasteiger partial charge on any atom is -0.497 e. The number of rotatable bonds is 5. The molecular weight excluding hydrogens is 472 g/mol. The highest BCUT2D eigenvalue weighted by Gasteiger charge is 2.51. The van der Waals surface area contributed by atoms with Crippen LogP contribution in [0.1, 0.15) is 18.6 Å². The van der Waals surface area contributed by atoms with E-state index in [9.17, 15) is 22.4 Å². The van der Waals surface area contributed by atoms with Gasteiger partial charge in [-0.15, -0.1) is 0 Å². The number of ether oxygens (including phenoxy) is 2. The third kappa shape index (κ3) is 4.82. The molecule has 5 rings (SSSR count). The van der Waals surface area contributed by atoms with Crippen LogP contribution in [0.2, 0.25) is 0 Å². The Labute approximate surface area is 196 Å². The molecular formula is C22H22F4N6O3. The van der Waals surface area contributed by atoms with Crippen LogP contribution in [0.15, 0.2) is 47.7 Å². The van der Waals surface area contributed by atoms with E-state index in [4.69, 9.17) is 4.74 Å². The molecule has 0 atom stereocenters. The summed E-state index contributed by atoms with van der Waals surface area (Å²) in [4.78, 5) is 22.4. The second kappa shape index (κ2) is 8.89. The summed E-state index contributed by atoms with van der Waals surface area (Å²) in [6, 6.07) is 8.71. The van der Waals surface area contributed by atoms with Crippen molar-refractivity contribution in [3.63, 3.8) is 0 Å². The Bertz CT molecular complexity index is 1400. The molecule has 1 aliphatic rings. The van der Waals surface area contributed by atoms with Crippen molar-refractivity contribution < 1.29 is 27.0 Å². The molecule has 4 heterocycles. The summed E-state index contributed by atoms with van der Waals surface area (Å²) < 4.78 is 65.6. The van der Waals surface area contributed by atoms with Crippen LogP contribution in [-0.2, 0) is 17.8 Å². The van der Waals surface area contributed by atoms with Crippen molar-refractivity contribution in [1.82, 2.24) is 29.0 Å². The lowest BCUT2D eigenvalue weighted by molar-refractivity contribution is -0.405. The van der Waals surface area contributed by atoms with Gasteiger partial charge >= 0.3 is 17.9 Å². The molecule has 0 amide bonds. The first-order valence-corrected chi connectivity index (χ1v) is 10.2. The van der Waals surface area contributed by atoms with Crippen molar-refractivity contribution in [2.75, 3.05) is 20.2 Å². The van der Waals surface area contributed by atoms with Gasteiger partial charge in [0.05, 0.1) is 32.1 Å². The topological polar surface area (TPSA) is 86.8 Å². The first kappa shape index (κ1) is 24.5. The second-order valence-corrected chi connectivity index (χ2v) is 7.95. The predicted octanol–water partition coefficient (Wildman–Crippen LogP) is 3.15. The highest BCUT2D eigenvalue weighted by Crippen LogP contribution is 2.34. The first-order chi connectivity index (χ1) is 16.1. The van der Waals surface area contributed by atoms with Crippen LogP contribution in [0, 0.1) is 0 Å². The maximum absolute atomic E-state index is 13.6. The van der Waals surface area contributed by atoms with Gasteiger partial charge in [0.25, 0.3) is 0 Å². The standard InChI is InChI=1S/C21H18F4N6O3.CH4/c1-33-15-4-2-13(3-5-15)9-30-17-16(18-27-12-28-31(18)19(30)32)6-14(7-26-17)8-29-10-20(22,23)34-21(24,25)11-29;/h2-7,12H,8-11H2,1H3;1H4. The number of aromatic nitrogens is 5. The van der Waals surface area contributed by atoms with E-state index >= 15 is 0 Å². The lowest BCUT2D eigenvalue weighted by atomic mass is 10.2. The number of fused-ring (bicyclic) bond motifs is 3. The molecule has 1 aromatic carbocycles. The van der Waals surface area contributed by atoms with Crippen LogP contribution in [-0.4, -0.2) is 61.5 Å². The Morgan fingerprint density at radius 3 is 2.34 bits per heavy atom. The number of hydrogen-bond acceptors (Lipinski definition) is 7. The van der Waals surface area contributed by atoms with E-state index in [-0.39, 0.29) is 26.2 Å². The molecule has 9 nitrogen and oxygen atoms in total. The maximum atomic E-state index is 13.6. The molecule has 0 spiro atoms. The smallest absolute Gasteiger partial charge is 0.372 e. The third-order valence-electron chi connectivity index (χ3n) is 5.40. The highest BCUT2D eigenvalue weighted by atomic mass is 19.3. The summed E-state index contributed by atoms with van der Waals surface area (Å²) in [6.07, 6.45) is -5.38. The Morgan fingerprint density at radius 1 is 1.00 bits per heavy atom. The maximum Gasteiger partial charge on any atom is 0.372 e. The summed E-state index contributed by atoms with van der Waals surface area (Å²) in [5.74, 6) is 0.662. The van der Waals surface area contributed by atoms with Crippen LogP contribution in [0.5, 0.6) is 5.75 Å². The number of methoxy groups -OCH3 is 1. The Morgan fingerprint density at radius 2 is 1.69 bits per heavy atom. The minimum absolute atomic E-state index is 0. The monoisotopic (exact) mass is 494 g/mol. The zero-order valence-electron chi connectivity index (χ0n) is 17.8. The molecule has 4 aromatic rings. The van der Waals surface area contributed by atoms with E-state index in [0.29, 0.717) is 22.3 Å². The number of hydrogen-bond donors (Lipinski definition) is 0. The number of halogens is 4. The van der Waals surface area contributed by atoms with Crippen molar-refractivity contribution in [3.8, 4) is 5.75 Å². The summed E-state index contributed by atoms with van der Waals surface area (Å²) in [5, 5.41) is 4.41. The molecule has 35 heavy (non-hydrogen) atoms. The van der Waals surface area contributed by atoms with Gasteiger partial charge in [0.1, 0.15) is 17.7 Å². The quantitative estimate of drug-likeness (QED) is 0.394. The first-order valence-electron chi connectivity index (χ1n) is 10.2. The van der Waals surface area contributed by atoms with Gasteiger partial charge in [-0.25, -0.2) is 14.8 Å². The van der Waals surface area contributed by atoms with Gasteiger partial charge in [-0.3, -0.25) is 14.2 Å². The van der Waals surface area contributed by atoms with Gasteiger partial charge in [0.15, 0.2) is 5.65 Å². The van der Waals surface area contributed by atoms with E-state index in [2.05, 4.69) is 19.8 Å². The Balaban J connectivity index is 0.00000289. The summed E-state index contributed by atoms with van der Waals surface area (Å²) >= 11 is 0. The van der Waals surface area contributed by atoms with Gasteiger partial charge < -0.3 is 4.74 Å². The molecule has 1 saturated heterocycles. The lowest BCUT2D eigenvalue weighted by Crippen LogP contribution is -2.54. The van der Waals surface area contributed by atoms with Crippen molar-refractivity contribution in [2.45, 2.75) is 32.7 Å². The van der Waals surface area contributed by atoms with E-state index in [1.807, 2.05) is 0 Å². The van der Waals surface area contributed by atoms with E-state index in [1.165, 1.54) is 17.1 Å². The van der Waals surface area contributed by atoms with Gasteiger partial charge in [-0.1, -0.05) is 19.6 Å². The number of pyridine rings is 1. The third-order valence-corrected chi connectivity index (χ3v) is 5.40. The average Bonchev–Trinajstić information content (AvgIpc) is 3.25. The molecule has 0 N–H and O–H groups in total. The average molecular weight is 494 g/mol. The molecule has 1 fully saturated rings. The zero-order valence-corrected chi connectivity index (χ0v) is 17.8. The Kier molecular flexibility index (Phi) is 6.23. The Hall–Kier alpha value is -3.58. The molecule has 13 heteroatoms. The van der Waals surface area contributed by atoms with Crippen LogP contribution < -0.4 is 10.4 Å². The summed E-state index contributed by atoms with van der Waals surface area (Å²) in [5.41, 5.74) is 1.23. The normalized spacial score (nSPS) is 17.4. The molecule has 0 aliphatic carbocycles. The van der Waals surface area contributed by atoms with E-state index < -0.39 is 31.0 Å². The lowest BCUT2D eigenvalue weighted by Gasteiger charge is -2.36. The van der Waals surface area contributed by atoms with Crippen molar-refractivity contribution in [1.29, 1.82) is 0 Å². The van der Waals surface area contributed by atoms with Gasteiger partial charge in [-0.05, 0) is 29.3 Å². The van der Waals surface area contributed by atoms with Crippen LogP contribution >= 0.6 is 0 Å². The molecule has 0 saturated carbocycles. The second-order valence-electron chi connectivity index (χ2n) is 7.95. The van der Waals surface area contributed by atoms with E-state index in [0.717, 1.165) is 15.0 Å². The molecule has 3 aromatic heterocycles. The van der Waals surface area contributed by atoms with Crippen molar-refractivity contribution in [3.05, 3.63) is 64.5 Å². The molecule has 0 unspecified atom stereocenters. The molecule has 1 aliphatic heterocycles. The predicted molar refractivity (Wildman–Crippen MR) is 118 cm³/mol. The van der Waals surface area contributed by atoms with Crippen molar-refractivity contribution >= 4 is 16.7 Å². The number of morpholine rings is 1. The fourth-order valence-corrected chi connectivity index (χ4v) is 4.02. The number of alkyl halides is 4. The fourth-order valence-electron chi connectivity index (χ4n) is 4.02. The fraction of sp³-hybridized carbons (Fsp3) is 0.364. The summed E-state index contributed by atoms with van der Waals surface area (Å²) in [6.45, 7) is -2.03. The molecule has 186 valence electrons. The zero-order chi connectivity index (χ0) is 24.1. The minimum atomic E-state index is -3.98. The summed E-state index contributed by atoms with van der Waals surface area (Å²) in [7, 11) is 1.55. The van der Waals surface area contributed by atoms with Gasteiger partial charge in [0, 0.05) is 12.7 Å². The molecule has 0 bridgehead atoms. The van der Waals surface area contributed by atoms with E-state index in [1.54, 1.807) is 37.4 Å².